The van der Waals surface area contributed by atoms with Crippen LogP contribution in [0, 0.1) is 0 Å². The molecule has 0 radical (unpaired) electrons. The summed E-state index contributed by atoms with van der Waals surface area (Å²) in [5.41, 5.74) is 5.11. The summed E-state index contributed by atoms with van der Waals surface area (Å²) in [6.07, 6.45) is 2.69. The number of thiophene rings is 1. The molecular formula is C12H18N4OS. The summed E-state index contributed by atoms with van der Waals surface area (Å²) in [6, 6.07) is 2.04. The van der Waals surface area contributed by atoms with E-state index in [1.54, 1.807) is 29.3 Å². The van der Waals surface area contributed by atoms with Gasteiger partial charge in [-0.1, -0.05) is 6.92 Å². The number of rotatable bonds is 5. The maximum Gasteiger partial charge on any atom is 0.162 e. The van der Waals surface area contributed by atoms with Crippen LogP contribution in [-0.2, 0) is 13.5 Å². The lowest BCUT2D eigenvalue weighted by atomic mass is 10.1. The number of hydrazine groups is 1. The van der Waals surface area contributed by atoms with Gasteiger partial charge in [-0.25, -0.2) is 5.43 Å². The van der Waals surface area contributed by atoms with Crippen molar-refractivity contribution >= 4 is 11.3 Å². The van der Waals surface area contributed by atoms with E-state index >= 15 is 0 Å². The number of nitrogens with one attached hydrogen (secondary N) is 1. The smallest absolute Gasteiger partial charge is 0.162 e. The van der Waals surface area contributed by atoms with Crippen LogP contribution in [0.25, 0.3) is 0 Å². The van der Waals surface area contributed by atoms with E-state index in [0.29, 0.717) is 0 Å². The van der Waals surface area contributed by atoms with Gasteiger partial charge in [0.25, 0.3) is 0 Å². The highest BCUT2D eigenvalue weighted by molar-refractivity contribution is 7.10. The van der Waals surface area contributed by atoms with Crippen LogP contribution in [0.15, 0.2) is 17.6 Å². The van der Waals surface area contributed by atoms with Crippen LogP contribution >= 0.6 is 11.3 Å². The number of nitrogens with two attached hydrogens (primary N) is 1. The molecule has 2 aromatic rings. The Morgan fingerprint density at radius 3 is 3.00 bits per heavy atom. The third-order valence-electron chi connectivity index (χ3n) is 3.03. The van der Waals surface area contributed by atoms with Gasteiger partial charge in [0, 0.05) is 11.9 Å². The maximum atomic E-state index is 5.73. The first-order valence-corrected chi connectivity index (χ1v) is 6.69. The first-order chi connectivity index (χ1) is 8.72. The van der Waals surface area contributed by atoms with Crippen LogP contribution in [0.4, 0.5) is 0 Å². The number of hydrogen-bond donors (Lipinski definition) is 2. The predicted octanol–water partition coefficient (Wildman–Crippen LogP) is 1.61. The highest BCUT2D eigenvalue weighted by Crippen LogP contribution is 2.33. The molecule has 3 N–H and O–H groups in total. The number of nitrogens with zero attached hydrogens (tertiary/aromatic N) is 2. The first-order valence-electron chi connectivity index (χ1n) is 5.81. The molecule has 1 atom stereocenters. The zero-order chi connectivity index (χ0) is 13.1. The molecule has 0 saturated heterocycles. The number of aryl methyl sites for hydroxylation is 2. The van der Waals surface area contributed by atoms with Crippen LogP contribution in [0.1, 0.15) is 29.1 Å². The van der Waals surface area contributed by atoms with Gasteiger partial charge in [-0.2, -0.15) is 5.10 Å². The zero-order valence-electron chi connectivity index (χ0n) is 10.8. The molecule has 2 aromatic heterocycles. The van der Waals surface area contributed by atoms with Crippen molar-refractivity contribution in [1.82, 2.24) is 15.2 Å². The second kappa shape index (κ2) is 5.51. The Kier molecular flexibility index (Phi) is 4.00. The summed E-state index contributed by atoms with van der Waals surface area (Å²) in [4.78, 5) is 1.21. The molecule has 2 rings (SSSR count). The van der Waals surface area contributed by atoms with E-state index in [1.165, 1.54) is 10.4 Å². The molecule has 0 bridgehead atoms. The van der Waals surface area contributed by atoms with Crippen molar-refractivity contribution < 1.29 is 4.74 Å². The van der Waals surface area contributed by atoms with Crippen molar-refractivity contribution in [3.05, 3.63) is 33.8 Å². The minimum Gasteiger partial charge on any atom is -0.493 e. The topological polar surface area (TPSA) is 65.1 Å². The summed E-state index contributed by atoms with van der Waals surface area (Å²) < 4.78 is 7.14. The quantitative estimate of drug-likeness (QED) is 0.637. The van der Waals surface area contributed by atoms with Gasteiger partial charge < -0.3 is 4.74 Å². The van der Waals surface area contributed by atoms with E-state index in [-0.39, 0.29) is 6.04 Å². The Bertz CT molecular complexity index is 520. The van der Waals surface area contributed by atoms with Gasteiger partial charge in [0.1, 0.15) is 11.7 Å². The molecule has 2 heterocycles. The summed E-state index contributed by atoms with van der Waals surface area (Å²) in [5.74, 6) is 6.48. The van der Waals surface area contributed by atoms with Crippen LogP contribution in [0.2, 0.25) is 0 Å². The minimum absolute atomic E-state index is 0.0950. The molecule has 0 aliphatic carbocycles. The van der Waals surface area contributed by atoms with Gasteiger partial charge in [-0.05, 0) is 23.4 Å². The van der Waals surface area contributed by atoms with E-state index < -0.39 is 0 Å². The fourth-order valence-electron chi connectivity index (χ4n) is 2.08. The lowest BCUT2D eigenvalue weighted by Crippen LogP contribution is -2.30. The molecule has 0 spiro atoms. The Balaban J connectivity index is 2.48. The summed E-state index contributed by atoms with van der Waals surface area (Å²) in [7, 11) is 3.53. The third kappa shape index (κ3) is 2.14. The van der Waals surface area contributed by atoms with Crippen molar-refractivity contribution in [1.29, 1.82) is 0 Å². The Morgan fingerprint density at radius 1 is 1.61 bits per heavy atom. The van der Waals surface area contributed by atoms with E-state index in [4.69, 9.17) is 10.6 Å². The second-order valence-corrected chi connectivity index (χ2v) is 4.93. The maximum absolute atomic E-state index is 5.73. The van der Waals surface area contributed by atoms with Crippen molar-refractivity contribution in [2.24, 2.45) is 12.9 Å². The Labute approximate surface area is 111 Å². The molecule has 18 heavy (non-hydrogen) atoms. The number of hydrogen-bond acceptors (Lipinski definition) is 5. The lowest BCUT2D eigenvalue weighted by Gasteiger charge is -2.18. The van der Waals surface area contributed by atoms with Gasteiger partial charge in [-0.15, -0.1) is 11.3 Å². The average molecular weight is 266 g/mol. The summed E-state index contributed by atoms with van der Waals surface area (Å²) >= 11 is 1.69. The SMILES string of the molecule is CCc1ccsc1C(NN)c1c(OC)cnn1C. The standard InChI is InChI=1S/C12H18N4OS/c1-4-8-5-6-18-12(8)10(15-13)11-9(17-3)7-14-16(11)2/h5-7,10,15H,4,13H2,1-3H3. The van der Waals surface area contributed by atoms with E-state index in [1.807, 2.05) is 7.05 Å². The molecule has 0 aromatic carbocycles. The molecule has 6 heteroatoms. The van der Waals surface area contributed by atoms with Gasteiger partial charge in [0.05, 0.1) is 13.3 Å². The predicted molar refractivity (Wildman–Crippen MR) is 72.6 cm³/mol. The highest BCUT2D eigenvalue weighted by atomic mass is 32.1. The Hall–Kier alpha value is -1.37. The molecule has 98 valence electrons. The molecular weight excluding hydrogens is 248 g/mol. The molecule has 1 unspecified atom stereocenters. The van der Waals surface area contributed by atoms with E-state index in [2.05, 4.69) is 28.9 Å². The van der Waals surface area contributed by atoms with E-state index in [9.17, 15) is 0 Å². The molecule has 0 fully saturated rings. The summed E-state index contributed by atoms with van der Waals surface area (Å²) in [6.45, 7) is 2.14. The zero-order valence-corrected chi connectivity index (χ0v) is 11.6. The number of aromatic nitrogens is 2. The van der Waals surface area contributed by atoms with Crippen LogP contribution in [0.5, 0.6) is 5.75 Å². The fraction of sp³-hybridized carbons (Fsp3) is 0.417. The molecule has 5 nitrogen and oxygen atoms in total. The van der Waals surface area contributed by atoms with Crippen molar-refractivity contribution in [3.63, 3.8) is 0 Å². The van der Waals surface area contributed by atoms with Gasteiger partial charge in [0.15, 0.2) is 5.75 Å². The average Bonchev–Trinajstić information content (AvgIpc) is 2.98. The van der Waals surface area contributed by atoms with Crippen molar-refractivity contribution in [3.8, 4) is 5.75 Å². The number of ether oxygens (including phenoxy) is 1. The largest absolute Gasteiger partial charge is 0.493 e. The van der Waals surface area contributed by atoms with Crippen LogP contribution in [0.3, 0.4) is 0 Å². The second-order valence-electron chi connectivity index (χ2n) is 3.99. The first kappa shape index (κ1) is 13.1. The third-order valence-corrected chi connectivity index (χ3v) is 4.06. The molecule has 0 aliphatic rings. The molecule has 0 aliphatic heterocycles. The van der Waals surface area contributed by atoms with Crippen LogP contribution < -0.4 is 16.0 Å². The van der Waals surface area contributed by atoms with Gasteiger partial charge >= 0.3 is 0 Å². The summed E-state index contributed by atoms with van der Waals surface area (Å²) in [5, 5.41) is 6.31. The van der Waals surface area contributed by atoms with E-state index in [0.717, 1.165) is 17.9 Å². The minimum atomic E-state index is -0.0950. The van der Waals surface area contributed by atoms with Gasteiger partial charge in [-0.3, -0.25) is 10.5 Å². The molecule has 0 saturated carbocycles. The fourth-order valence-corrected chi connectivity index (χ4v) is 3.14. The molecule has 0 amide bonds. The normalized spacial score (nSPS) is 12.7. The monoisotopic (exact) mass is 266 g/mol. The number of methoxy groups -OCH3 is 1. The van der Waals surface area contributed by atoms with Crippen LogP contribution in [-0.4, -0.2) is 16.9 Å². The Morgan fingerprint density at radius 2 is 2.39 bits per heavy atom. The lowest BCUT2D eigenvalue weighted by molar-refractivity contribution is 0.401. The highest BCUT2D eigenvalue weighted by Gasteiger charge is 2.24. The van der Waals surface area contributed by atoms with Gasteiger partial charge in [0.2, 0.25) is 0 Å². The van der Waals surface area contributed by atoms with Crippen molar-refractivity contribution in [2.75, 3.05) is 7.11 Å². The van der Waals surface area contributed by atoms with Crippen molar-refractivity contribution in [2.45, 2.75) is 19.4 Å².